The van der Waals surface area contributed by atoms with Crippen molar-refractivity contribution in [3.63, 3.8) is 0 Å². The van der Waals surface area contributed by atoms with E-state index in [9.17, 15) is 13.2 Å². The Balaban J connectivity index is 1.43. The molecule has 1 aromatic carbocycles. The van der Waals surface area contributed by atoms with E-state index in [4.69, 9.17) is 4.42 Å². The molecule has 0 radical (unpaired) electrons. The molecule has 0 atom stereocenters. The Bertz CT molecular complexity index is 1070. The van der Waals surface area contributed by atoms with E-state index in [1.54, 1.807) is 21.7 Å². The third kappa shape index (κ3) is 4.87. The molecule has 2 aromatic rings. The predicted molar refractivity (Wildman–Crippen MR) is 122 cm³/mol. The number of hydrogen-bond donors (Lipinski definition) is 0. The quantitative estimate of drug-likeness (QED) is 0.637. The zero-order chi connectivity index (χ0) is 22.0. The topological polar surface area (TPSA) is 74.1 Å². The van der Waals surface area contributed by atoms with Crippen molar-refractivity contribution >= 4 is 21.2 Å². The highest BCUT2D eigenvalue weighted by atomic mass is 32.2. The molecule has 8 heteroatoms. The number of rotatable bonds is 6. The van der Waals surface area contributed by atoms with Crippen LogP contribution in [-0.4, -0.2) is 61.2 Å². The van der Waals surface area contributed by atoms with Gasteiger partial charge >= 0.3 is 5.63 Å². The van der Waals surface area contributed by atoms with Gasteiger partial charge in [-0.25, -0.2) is 4.79 Å². The summed E-state index contributed by atoms with van der Waals surface area (Å²) in [6.45, 7) is 4.92. The monoisotopic (exact) mass is 447 g/mol. The molecule has 0 amide bonds. The van der Waals surface area contributed by atoms with Gasteiger partial charge in [0.15, 0.2) is 0 Å². The molecule has 0 unspecified atom stereocenters. The van der Waals surface area contributed by atoms with E-state index in [1.165, 1.54) is 6.42 Å². The van der Waals surface area contributed by atoms with E-state index in [-0.39, 0.29) is 11.7 Å². The average Bonchev–Trinajstić information content (AvgIpc) is 2.79. The van der Waals surface area contributed by atoms with Gasteiger partial charge in [0, 0.05) is 57.3 Å². The Labute approximate surface area is 184 Å². The van der Waals surface area contributed by atoms with E-state index < -0.39 is 10.2 Å². The molecule has 1 aliphatic heterocycles. The molecule has 1 aromatic heterocycles. The summed E-state index contributed by atoms with van der Waals surface area (Å²) in [4.78, 5) is 14.3. The van der Waals surface area contributed by atoms with E-state index in [1.807, 2.05) is 12.1 Å². The van der Waals surface area contributed by atoms with Crippen LogP contribution in [0.2, 0.25) is 0 Å². The number of hydrogen-bond acceptors (Lipinski definition) is 5. The van der Waals surface area contributed by atoms with Crippen molar-refractivity contribution in [2.45, 2.75) is 58.0 Å². The predicted octanol–water partition coefficient (Wildman–Crippen LogP) is 2.98. The molecule has 7 nitrogen and oxygen atoms in total. The average molecular weight is 448 g/mol. The third-order valence-corrected chi connectivity index (χ3v) is 8.85. The van der Waals surface area contributed by atoms with Crippen LogP contribution in [0.1, 0.15) is 50.2 Å². The van der Waals surface area contributed by atoms with Crippen LogP contribution >= 0.6 is 0 Å². The van der Waals surface area contributed by atoms with Gasteiger partial charge in [-0.1, -0.05) is 38.3 Å². The van der Waals surface area contributed by atoms with Gasteiger partial charge in [0.05, 0.1) is 0 Å². The summed E-state index contributed by atoms with van der Waals surface area (Å²) in [5.74, 6) is 0. The first-order valence-electron chi connectivity index (χ1n) is 11.4. The highest BCUT2D eigenvalue weighted by Crippen LogP contribution is 2.26. The lowest BCUT2D eigenvalue weighted by Gasteiger charge is -2.38. The molecular formula is C23H33N3O4S. The van der Waals surface area contributed by atoms with Crippen LogP contribution in [0, 0.1) is 0 Å². The summed E-state index contributed by atoms with van der Waals surface area (Å²) < 4.78 is 34.8. The molecule has 31 heavy (non-hydrogen) atoms. The van der Waals surface area contributed by atoms with Gasteiger partial charge in [-0.3, -0.25) is 4.90 Å². The van der Waals surface area contributed by atoms with Gasteiger partial charge in [-0.05, 0) is 36.5 Å². The lowest BCUT2D eigenvalue weighted by molar-refractivity contribution is 0.170. The maximum atomic E-state index is 13.1. The molecule has 0 spiro atoms. The highest BCUT2D eigenvalue weighted by molar-refractivity contribution is 7.86. The van der Waals surface area contributed by atoms with E-state index >= 15 is 0 Å². The Morgan fingerprint density at radius 3 is 2.45 bits per heavy atom. The minimum absolute atomic E-state index is 0.125. The number of fused-ring (bicyclic) bond motifs is 1. The van der Waals surface area contributed by atoms with Crippen molar-refractivity contribution in [1.29, 1.82) is 0 Å². The zero-order valence-electron chi connectivity index (χ0n) is 18.5. The summed E-state index contributed by atoms with van der Waals surface area (Å²) in [7, 11) is -1.70. The number of nitrogens with zero attached hydrogens (tertiary/aromatic N) is 3. The van der Waals surface area contributed by atoms with Gasteiger partial charge < -0.3 is 4.42 Å². The molecule has 1 saturated carbocycles. The number of aryl methyl sites for hydroxylation is 1. The first-order valence-corrected chi connectivity index (χ1v) is 12.8. The van der Waals surface area contributed by atoms with Crippen molar-refractivity contribution in [1.82, 2.24) is 13.5 Å². The van der Waals surface area contributed by atoms with Gasteiger partial charge in [0.1, 0.15) is 5.58 Å². The minimum Gasteiger partial charge on any atom is -0.423 e. The molecule has 2 fully saturated rings. The lowest BCUT2D eigenvalue weighted by Crippen LogP contribution is -2.54. The molecule has 1 saturated heterocycles. The lowest BCUT2D eigenvalue weighted by atomic mass is 9.96. The largest absolute Gasteiger partial charge is 0.423 e. The molecule has 0 bridgehead atoms. The first-order chi connectivity index (χ1) is 14.9. The molecule has 1 aliphatic carbocycles. The Hall–Kier alpha value is -1.74. The molecule has 0 N–H and O–H groups in total. The normalized spacial score (nSPS) is 20.0. The molecular weight excluding hydrogens is 414 g/mol. The summed E-state index contributed by atoms with van der Waals surface area (Å²) in [6.07, 6.45) is 6.22. The number of benzene rings is 1. The van der Waals surface area contributed by atoms with Crippen molar-refractivity contribution in [2.24, 2.45) is 0 Å². The summed E-state index contributed by atoms with van der Waals surface area (Å²) in [5.41, 5.74) is 2.35. The smallest absolute Gasteiger partial charge is 0.336 e. The van der Waals surface area contributed by atoms with Crippen molar-refractivity contribution < 1.29 is 12.8 Å². The molecule has 2 aliphatic rings. The number of piperazine rings is 1. The fourth-order valence-electron chi connectivity index (χ4n) is 4.80. The fourth-order valence-corrected chi connectivity index (χ4v) is 6.38. The zero-order valence-corrected chi connectivity index (χ0v) is 19.4. The second-order valence-corrected chi connectivity index (χ2v) is 10.8. The van der Waals surface area contributed by atoms with Crippen molar-refractivity contribution in [3.05, 3.63) is 45.8 Å². The second-order valence-electron chi connectivity index (χ2n) is 8.77. The van der Waals surface area contributed by atoms with Crippen LogP contribution in [0.25, 0.3) is 11.0 Å². The van der Waals surface area contributed by atoms with Crippen molar-refractivity contribution in [2.75, 3.05) is 33.2 Å². The van der Waals surface area contributed by atoms with Gasteiger partial charge in [-0.15, -0.1) is 0 Å². The first kappa shape index (κ1) is 22.5. The maximum Gasteiger partial charge on any atom is 0.336 e. The highest BCUT2D eigenvalue weighted by Gasteiger charge is 2.34. The van der Waals surface area contributed by atoms with E-state index in [0.717, 1.165) is 48.6 Å². The molecule has 2 heterocycles. The Morgan fingerprint density at radius 1 is 1.06 bits per heavy atom. The van der Waals surface area contributed by atoms with Gasteiger partial charge in [0.25, 0.3) is 10.2 Å². The van der Waals surface area contributed by atoms with E-state index in [0.29, 0.717) is 38.3 Å². The Morgan fingerprint density at radius 2 is 1.77 bits per heavy atom. The summed E-state index contributed by atoms with van der Waals surface area (Å²) in [6, 6.07) is 7.71. The SMILES string of the molecule is CCc1ccc2c(CN3CCN(S(=O)(=O)N(C)C4CCCCC4)CC3)cc(=O)oc2c1. The van der Waals surface area contributed by atoms with Crippen molar-refractivity contribution in [3.8, 4) is 0 Å². The summed E-state index contributed by atoms with van der Waals surface area (Å²) >= 11 is 0. The Kier molecular flexibility index (Phi) is 6.81. The van der Waals surface area contributed by atoms with E-state index in [2.05, 4.69) is 17.9 Å². The minimum atomic E-state index is -3.43. The summed E-state index contributed by atoms with van der Waals surface area (Å²) in [5, 5.41) is 0.948. The third-order valence-electron chi connectivity index (χ3n) is 6.81. The maximum absolute atomic E-state index is 13.1. The molecule has 4 rings (SSSR count). The van der Waals surface area contributed by atoms with Crippen LogP contribution in [0.4, 0.5) is 0 Å². The standard InChI is InChI=1S/C23H33N3O4S/c1-3-18-9-10-21-19(16-23(27)30-22(21)15-18)17-25-11-13-26(14-12-25)31(28,29)24(2)20-7-5-4-6-8-20/h9-10,15-16,20H,3-8,11-14,17H2,1-2H3. The fraction of sp³-hybridized carbons (Fsp3) is 0.609. The van der Waals surface area contributed by atoms with Crippen LogP contribution < -0.4 is 5.63 Å². The van der Waals surface area contributed by atoms with Crippen LogP contribution in [0.15, 0.2) is 33.5 Å². The van der Waals surface area contributed by atoms with Crippen LogP contribution in [0.3, 0.4) is 0 Å². The molecule has 170 valence electrons. The van der Waals surface area contributed by atoms with Crippen LogP contribution in [0.5, 0.6) is 0 Å². The van der Waals surface area contributed by atoms with Gasteiger partial charge in [0.2, 0.25) is 0 Å². The van der Waals surface area contributed by atoms with Gasteiger partial charge in [-0.2, -0.15) is 17.0 Å². The van der Waals surface area contributed by atoms with Crippen LogP contribution in [-0.2, 0) is 23.2 Å². The second kappa shape index (κ2) is 9.40.